The number of alkyl halides is 3. The van der Waals surface area contributed by atoms with E-state index in [2.05, 4.69) is 9.97 Å². The van der Waals surface area contributed by atoms with Crippen LogP contribution in [0.5, 0.6) is 11.6 Å². The van der Waals surface area contributed by atoms with E-state index >= 15 is 0 Å². The molecule has 3 aromatic rings. The van der Waals surface area contributed by atoms with Crippen molar-refractivity contribution in [3.05, 3.63) is 76.5 Å². The van der Waals surface area contributed by atoms with E-state index in [1.165, 1.54) is 0 Å². The number of aromatic nitrogens is 2. The third-order valence-electron chi connectivity index (χ3n) is 4.14. The van der Waals surface area contributed by atoms with Gasteiger partial charge >= 0.3 is 6.18 Å². The average molecular weight is 404 g/mol. The van der Waals surface area contributed by atoms with Crippen LogP contribution in [0.2, 0.25) is 0 Å². The van der Waals surface area contributed by atoms with Crippen LogP contribution >= 0.6 is 11.8 Å². The molecule has 0 fully saturated rings. The molecular formula is C21H19F3N2OS. The number of rotatable bonds is 5. The van der Waals surface area contributed by atoms with E-state index < -0.39 is 11.9 Å². The van der Waals surface area contributed by atoms with E-state index in [9.17, 15) is 13.2 Å². The highest BCUT2D eigenvalue weighted by molar-refractivity contribution is 7.98. The van der Waals surface area contributed by atoms with Gasteiger partial charge in [-0.1, -0.05) is 53.7 Å². The van der Waals surface area contributed by atoms with Gasteiger partial charge in [0.25, 0.3) is 0 Å². The average Bonchev–Trinajstić information content (AvgIpc) is 2.62. The Morgan fingerprint density at radius 1 is 0.929 bits per heavy atom. The zero-order chi connectivity index (χ0) is 20.3. The Labute approximate surface area is 166 Å². The van der Waals surface area contributed by atoms with Crippen molar-refractivity contribution in [2.24, 2.45) is 0 Å². The van der Waals surface area contributed by atoms with Crippen LogP contribution in [0.15, 0.2) is 53.7 Å². The number of nitrogens with zero attached hydrogens (tertiary/aromatic N) is 2. The summed E-state index contributed by atoms with van der Waals surface area (Å²) < 4.78 is 45.5. The van der Waals surface area contributed by atoms with Crippen molar-refractivity contribution in [2.45, 2.75) is 37.9 Å². The third kappa shape index (κ3) is 5.04. The van der Waals surface area contributed by atoms with E-state index in [1.807, 2.05) is 57.2 Å². The number of hydrogen-bond donors (Lipinski definition) is 0. The molecule has 1 aromatic heterocycles. The van der Waals surface area contributed by atoms with Gasteiger partial charge in [0.1, 0.15) is 5.75 Å². The van der Waals surface area contributed by atoms with Crippen molar-refractivity contribution in [1.29, 1.82) is 0 Å². The van der Waals surface area contributed by atoms with Gasteiger partial charge < -0.3 is 4.74 Å². The molecule has 7 heteroatoms. The zero-order valence-corrected chi connectivity index (χ0v) is 16.5. The minimum absolute atomic E-state index is 0.0258. The van der Waals surface area contributed by atoms with Crippen LogP contribution in [0.4, 0.5) is 13.2 Å². The van der Waals surface area contributed by atoms with E-state index in [1.54, 1.807) is 6.07 Å². The summed E-state index contributed by atoms with van der Waals surface area (Å²) in [5, 5.41) is 0.0258. The van der Waals surface area contributed by atoms with Gasteiger partial charge in [0.2, 0.25) is 5.88 Å². The lowest BCUT2D eigenvalue weighted by Gasteiger charge is -2.13. The van der Waals surface area contributed by atoms with Crippen molar-refractivity contribution < 1.29 is 17.9 Å². The second kappa shape index (κ2) is 8.22. The molecule has 0 saturated heterocycles. The van der Waals surface area contributed by atoms with Gasteiger partial charge in [-0.3, -0.25) is 0 Å². The normalized spacial score (nSPS) is 11.5. The van der Waals surface area contributed by atoms with Gasteiger partial charge in [-0.05, 0) is 43.5 Å². The van der Waals surface area contributed by atoms with Crippen LogP contribution in [0, 0.1) is 20.8 Å². The monoisotopic (exact) mass is 404 g/mol. The summed E-state index contributed by atoms with van der Waals surface area (Å²) in [4.78, 5) is 7.85. The minimum atomic E-state index is -4.58. The summed E-state index contributed by atoms with van der Waals surface area (Å²) in [7, 11) is 0. The van der Waals surface area contributed by atoms with Gasteiger partial charge in [-0.15, -0.1) is 0 Å². The lowest BCUT2D eigenvalue weighted by molar-refractivity contribution is -0.141. The number of benzene rings is 2. The molecule has 0 spiro atoms. The summed E-state index contributed by atoms with van der Waals surface area (Å²) in [6, 6.07) is 14.0. The SMILES string of the molecule is Cc1ccc(Oc2cc(C(F)(F)F)nc(SCc3ccccc3C)n2)c(C)c1. The maximum Gasteiger partial charge on any atom is 0.433 e. The summed E-state index contributed by atoms with van der Waals surface area (Å²) in [5.41, 5.74) is 2.92. The Morgan fingerprint density at radius 2 is 1.68 bits per heavy atom. The topological polar surface area (TPSA) is 35.0 Å². The first kappa shape index (κ1) is 20.2. The Balaban J connectivity index is 1.89. The highest BCUT2D eigenvalue weighted by Gasteiger charge is 2.34. The first-order chi connectivity index (χ1) is 13.2. The van der Waals surface area contributed by atoms with Crippen molar-refractivity contribution in [2.75, 3.05) is 0 Å². The van der Waals surface area contributed by atoms with Gasteiger partial charge in [0.15, 0.2) is 10.9 Å². The Morgan fingerprint density at radius 3 is 2.36 bits per heavy atom. The third-order valence-corrected chi connectivity index (χ3v) is 5.03. The largest absolute Gasteiger partial charge is 0.439 e. The Kier molecular flexibility index (Phi) is 5.93. The molecule has 0 aliphatic carbocycles. The van der Waals surface area contributed by atoms with Crippen LogP contribution in [0.25, 0.3) is 0 Å². The molecule has 0 aliphatic rings. The highest BCUT2D eigenvalue weighted by Crippen LogP contribution is 2.34. The molecule has 2 aromatic carbocycles. The Bertz CT molecular complexity index is 990. The molecule has 0 aliphatic heterocycles. The van der Waals surface area contributed by atoms with Gasteiger partial charge in [0, 0.05) is 11.8 Å². The molecule has 0 N–H and O–H groups in total. The van der Waals surface area contributed by atoms with Crippen molar-refractivity contribution in [3.63, 3.8) is 0 Å². The molecule has 0 saturated carbocycles. The molecule has 0 unspecified atom stereocenters. The summed E-state index contributed by atoms with van der Waals surface area (Å²) >= 11 is 1.15. The second-order valence-corrected chi connectivity index (χ2v) is 7.40. The number of halogens is 3. The summed E-state index contributed by atoms with van der Waals surface area (Å²) in [6.07, 6.45) is -4.58. The molecule has 0 amide bonds. The first-order valence-corrected chi connectivity index (χ1v) is 9.59. The van der Waals surface area contributed by atoms with E-state index in [-0.39, 0.29) is 11.0 Å². The van der Waals surface area contributed by atoms with Gasteiger partial charge in [0.05, 0.1) is 0 Å². The van der Waals surface area contributed by atoms with Crippen LogP contribution in [0.3, 0.4) is 0 Å². The van der Waals surface area contributed by atoms with Crippen LogP contribution in [0.1, 0.15) is 27.9 Å². The molecule has 3 rings (SSSR count). The fourth-order valence-electron chi connectivity index (χ4n) is 2.61. The van der Waals surface area contributed by atoms with Crippen LogP contribution < -0.4 is 4.74 Å². The van der Waals surface area contributed by atoms with Crippen molar-refractivity contribution >= 4 is 11.8 Å². The predicted octanol–water partition coefficient (Wildman–Crippen LogP) is 6.51. The zero-order valence-electron chi connectivity index (χ0n) is 15.7. The molecule has 1 heterocycles. The van der Waals surface area contributed by atoms with Crippen LogP contribution in [-0.4, -0.2) is 9.97 Å². The highest BCUT2D eigenvalue weighted by atomic mass is 32.2. The lowest BCUT2D eigenvalue weighted by atomic mass is 10.1. The molecular weight excluding hydrogens is 385 g/mol. The lowest BCUT2D eigenvalue weighted by Crippen LogP contribution is -2.10. The fraction of sp³-hybridized carbons (Fsp3) is 0.238. The molecule has 146 valence electrons. The Hall–Kier alpha value is -2.54. The van der Waals surface area contributed by atoms with Crippen molar-refractivity contribution in [3.8, 4) is 11.6 Å². The number of aryl methyl sites for hydroxylation is 3. The minimum Gasteiger partial charge on any atom is -0.439 e. The summed E-state index contributed by atoms with van der Waals surface area (Å²) in [5.74, 6) is 0.811. The standard InChI is InChI=1S/C21H19F3N2OS/c1-13-8-9-17(15(3)10-13)27-19-11-18(21(22,23)24)25-20(26-19)28-12-16-7-5-4-6-14(16)2/h4-11H,12H2,1-3H3. The molecule has 0 radical (unpaired) electrons. The molecule has 3 nitrogen and oxygen atoms in total. The number of ether oxygens (including phenoxy) is 1. The first-order valence-electron chi connectivity index (χ1n) is 8.61. The predicted molar refractivity (Wildman–Crippen MR) is 104 cm³/mol. The number of thioether (sulfide) groups is 1. The molecule has 0 bridgehead atoms. The van der Waals surface area contributed by atoms with Crippen LogP contribution in [-0.2, 0) is 11.9 Å². The maximum absolute atomic E-state index is 13.3. The fourth-order valence-corrected chi connectivity index (χ4v) is 3.53. The maximum atomic E-state index is 13.3. The van der Waals surface area contributed by atoms with E-state index in [0.29, 0.717) is 11.5 Å². The summed E-state index contributed by atoms with van der Waals surface area (Å²) in [6.45, 7) is 5.73. The smallest absolute Gasteiger partial charge is 0.433 e. The van der Waals surface area contributed by atoms with E-state index in [4.69, 9.17) is 4.74 Å². The quantitative estimate of drug-likeness (QED) is 0.359. The second-order valence-electron chi connectivity index (χ2n) is 6.46. The molecule has 0 atom stereocenters. The van der Waals surface area contributed by atoms with Crippen molar-refractivity contribution in [1.82, 2.24) is 9.97 Å². The number of hydrogen-bond acceptors (Lipinski definition) is 4. The van der Waals surface area contributed by atoms with Gasteiger partial charge in [-0.2, -0.15) is 18.2 Å². The van der Waals surface area contributed by atoms with Gasteiger partial charge in [-0.25, -0.2) is 4.98 Å². The molecule has 28 heavy (non-hydrogen) atoms. The van der Waals surface area contributed by atoms with E-state index in [0.717, 1.165) is 40.1 Å².